The number of Topliss-reactive ketones (excluding diaryl/α,β-unsaturated/α-hetero) is 1. The van der Waals surface area contributed by atoms with Gasteiger partial charge < -0.3 is 5.32 Å². The van der Waals surface area contributed by atoms with Crippen molar-refractivity contribution in [3.8, 4) is 5.69 Å². The Morgan fingerprint density at radius 3 is 2.52 bits per heavy atom. The topological polar surface area (TPSA) is 89.8 Å². The Morgan fingerprint density at radius 2 is 1.83 bits per heavy atom. The highest BCUT2D eigenvalue weighted by atomic mass is 32.2. The van der Waals surface area contributed by atoms with Crippen LogP contribution in [0.25, 0.3) is 5.69 Å². The zero-order valence-corrected chi connectivity index (χ0v) is 17.5. The van der Waals surface area contributed by atoms with Gasteiger partial charge in [-0.2, -0.15) is 4.68 Å². The maximum Gasteiger partial charge on any atom is 0.224 e. The van der Waals surface area contributed by atoms with Crippen LogP contribution in [0.4, 0.5) is 5.69 Å². The number of hydrogen-bond donors (Lipinski definition) is 1. The van der Waals surface area contributed by atoms with Crippen LogP contribution in [0.3, 0.4) is 0 Å². The molecule has 0 unspecified atom stereocenters. The van der Waals surface area contributed by atoms with Gasteiger partial charge in [-0.25, -0.2) is 0 Å². The summed E-state index contributed by atoms with van der Waals surface area (Å²) < 4.78 is 1.64. The predicted molar refractivity (Wildman–Crippen MR) is 114 cm³/mol. The van der Waals surface area contributed by atoms with Gasteiger partial charge in [-0.05, 0) is 78.2 Å². The monoisotopic (exact) mass is 409 g/mol. The van der Waals surface area contributed by atoms with E-state index in [2.05, 4.69) is 20.8 Å². The zero-order chi connectivity index (χ0) is 20.8. The Balaban J connectivity index is 1.63. The average Bonchev–Trinajstić information content (AvgIpc) is 3.17. The number of carbonyl (C=O) groups excluding carboxylic acids is 2. The van der Waals surface area contributed by atoms with E-state index in [1.165, 1.54) is 17.3 Å². The van der Waals surface area contributed by atoms with E-state index in [1.54, 1.807) is 28.9 Å². The maximum absolute atomic E-state index is 12.5. The van der Waals surface area contributed by atoms with Crippen molar-refractivity contribution in [2.75, 3.05) is 11.1 Å². The second-order valence-corrected chi connectivity index (χ2v) is 7.67. The minimum atomic E-state index is -0.0314. The molecular formula is C21H23N5O2S. The van der Waals surface area contributed by atoms with Gasteiger partial charge in [0.15, 0.2) is 5.78 Å². The van der Waals surface area contributed by atoms with E-state index in [4.69, 9.17) is 0 Å². The van der Waals surface area contributed by atoms with Crippen molar-refractivity contribution in [3.05, 3.63) is 59.2 Å². The van der Waals surface area contributed by atoms with Crippen LogP contribution in [0.15, 0.2) is 47.6 Å². The lowest BCUT2D eigenvalue weighted by molar-refractivity contribution is -0.116. The Kier molecular flexibility index (Phi) is 6.77. The summed E-state index contributed by atoms with van der Waals surface area (Å²) in [4.78, 5) is 24.2. The minimum absolute atomic E-state index is 0.0275. The summed E-state index contributed by atoms with van der Waals surface area (Å²) in [5.41, 5.74) is 4.47. The third-order valence-corrected chi connectivity index (χ3v) is 5.40. The van der Waals surface area contributed by atoms with Crippen LogP contribution in [-0.2, 0) is 4.79 Å². The lowest BCUT2D eigenvalue weighted by atomic mass is 10.1. The van der Waals surface area contributed by atoms with Gasteiger partial charge >= 0.3 is 0 Å². The summed E-state index contributed by atoms with van der Waals surface area (Å²) >= 11 is 1.29. The third kappa shape index (κ3) is 5.29. The normalized spacial score (nSPS) is 10.7. The predicted octanol–water partition coefficient (Wildman–Crippen LogP) is 3.99. The lowest BCUT2D eigenvalue weighted by Gasteiger charge is -2.07. The molecule has 1 amide bonds. The van der Waals surface area contributed by atoms with Crippen LogP contribution in [0, 0.1) is 13.8 Å². The Morgan fingerprint density at radius 1 is 1.07 bits per heavy atom. The highest BCUT2D eigenvalue weighted by molar-refractivity contribution is 7.99. The average molecular weight is 410 g/mol. The quantitative estimate of drug-likeness (QED) is 0.447. The number of carbonyl (C=O) groups is 2. The molecule has 3 rings (SSSR count). The number of amides is 1. The lowest BCUT2D eigenvalue weighted by Crippen LogP contribution is -2.11. The summed E-state index contributed by atoms with van der Waals surface area (Å²) in [6.45, 7) is 6.04. The number of hydrogen-bond acceptors (Lipinski definition) is 6. The van der Waals surface area contributed by atoms with Crippen molar-refractivity contribution in [1.82, 2.24) is 20.2 Å². The SMILES string of the molecule is CCCC(=O)Nc1ccc(C(=O)CSc2nnnn2-c2ccc(C)c(C)c2)cc1. The molecule has 0 atom stereocenters. The van der Waals surface area contributed by atoms with Crippen molar-refractivity contribution >= 4 is 29.1 Å². The molecule has 8 heteroatoms. The summed E-state index contributed by atoms with van der Waals surface area (Å²) in [5.74, 6) is 0.156. The molecule has 2 aromatic carbocycles. The van der Waals surface area contributed by atoms with Gasteiger partial charge in [-0.3, -0.25) is 9.59 Å². The number of benzene rings is 2. The fourth-order valence-electron chi connectivity index (χ4n) is 2.69. The number of rotatable bonds is 8. The molecule has 1 aromatic heterocycles. The van der Waals surface area contributed by atoms with Gasteiger partial charge in [0.05, 0.1) is 11.4 Å². The second-order valence-electron chi connectivity index (χ2n) is 6.73. The van der Waals surface area contributed by atoms with E-state index in [0.29, 0.717) is 22.8 Å². The molecule has 0 bridgehead atoms. The van der Waals surface area contributed by atoms with Gasteiger partial charge in [0, 0.05) is 17.7 Å². The smallest absolute Gasteiger partial charge is 0.224 e. The first kappa shape index (κ1) is 20.7. The fraction of sp³-hybridized carbons (Fsp3) is 0.286. The molecule has 0 saturated heterocycles. The summed E-state index contributed by atoms with van der Waals surface area (Å²) in [6.07, 6.45) is 1.27. The molecule has 0 aliphatic heterocycles. The number of aryl methyl sites for hydroxylation is 2. The number of nitrogens with one attached hydrogen (secondary N) is 1. The molecule has 7 nitrogen and oxygen atoms in total. The van der Waals surface area contributed by atoms with Crippen molar-refractivity contribution < 1.29 is 9.59 Å². The highest BCUT2D eigenvalue weighted by Crippen LogP contribution is 2.21. The van der Waals surface area contributed by atoms with E-state index in [0.717, 1.165) is 17.7 Å². The first-order valence-electron chi connectivity index (χ1n) is 9.40. The molecule has 3 aromatic rings. The number of thioether (sulfide) groups is 1. The van der Waals surface area contributed by atoms with Crippen LogP contribution in [-0.4, -0.2) is 37.7 Å². The van der Waals surface area contributed by atoms with Gasteiger partial charge in [-0.15, -0.1) is 5.10 Å². The summed E-state index contributed by atoms with van der Waals surface area (Å²) in [6, 6.07) is 12.9. The van der Waals surface area contributed by atoms with Crippen molar-refractivity contribution in [3.63, 3.8) is 0 Å². The largest absolute Gasteiger partial charge is 0.326 e. The standard InChI is InChI=1S/C21H23N5O2S/c1-4-5-20(28)22-17-9-7-16(8-10-17)19(27)13-29-21-23-24-25-26(21)18-11-6-14(2)15(3)12-18/h6-12H,4-5,13H2,1-3H3,(H,22,28). The molecule has 0 radical (unpaired) electrons. The van der Waals surface area contributed by atoms with Crippen LogP contribution in [0.5, 0.6) is 0 Å². The molecule has 0 aliphatic carbocycles. The molecular weight excluding hydrogens is 386 g/mol. The van der Waals surface area contributed by atoms with E-state index in [1.807, 2.05) is 39.0 Å². The number of nitrogens with zero attached hydrogens (tertiary/aromatic N) is 4. The van der Waals surface area contributed by atoms with E-state index in [9.17, 15) is 9.59 Å². The Hall–Kier alpha value is -3.00. The van der Waals surface area contributed by atoms with Crippen LogP contribution in [0.1, 0.15) is 41.3 Å². The second kappa shape index (κ2) is 9.47. The summed E-state index contributed by atoms with van der Waals surface area (Å²) in [5, 5.41) is 15.2. The molecule has 0 saturated carbocycles. The number of ketones is 1. The van der Waals surface area contributed by atoms with Gasteiger partial charge in [-0.1, -0.05) is 24.8 Å². The van der Waals surface area contributed by atoms with E-state index < -0.39 is 0 Å². The van der Waals surface area contributed by atoms with Gasteiger partial charge in [0.2, 0.25) is 11.1 Å². The molecule has 1 heterocycles. The van der Waals surface area contributed by atoms with Crippen LogP contribution < -0.4 is 5.32 Å². The molecule has 0 spiro atoms. The first-order valence-corrected chi connectivity index (χ1v) is 10.4. The molecule has 0 fully saturated rings. The number of anilines is 1. The molecule has 1 N–H and O–H groups in total. The van der Waals surface area contributed by atoms with E-state index >= 15 is 0 Å². The number of aromatic nitrogens is 4. The van der Waals surface area contributed by atoms with Crippen LogP contribution >= 0.6 is 11.8 Å². The van der Waals surface area contributed by atoms with Crippen molar-refractivity contribution in [2.45, 2.75) is 38.8 Å². The first-order chi connectivity index (χ1) is 14.0. The third-order valence-electron chi connectivity index (χ3n) is 4.48. The molecule has 0 aliphatic rings. The number of tetrazole rings is 1. The Labute approximate surface area is 173 Å². The van der Waals surface area contributed by atoms with Crippen molar-refractivity contribution in [2.24, 2.45) is 0 Å². The van der Waals surface area contributed by atoms with Crippen molar-refractivity contribution in [1.29, 1.82) is 0 Å². The van der Waals surface area contributed by atoms with Crippen LogP contribution in [0.2, 0.25) is 0 Å². The molecule has 29 heavy (non-hydrogen) atoms. The molecule has 150 valence electrons. The zero-order valence-electron chi connectivity index (χ0n) is 16.7. The summed E-state index contributed by atoms with van der Waals surface area (Å²) in [7, 11) is 0. The van der Waals surface area contributed by atoms with Gasteiger partial charge in [0.1, 0.15) is 0 Å². The fourth-order valence-corrected chi connectivity index (χ4v) is 3.48. The Bertz CT molecular complexity index is 1010. The van der Waals surface area contributed by atoms with E-state index in [-0.39, 0.29) is 17.4 Å². The minimum Gasteiger partial charge on any atom is -0.326 e. The highest BCUT2D eigenvalue weighted by Gasteiger charge is 2.13. The maximum atomic E-state index is 12.5. The van der Waals surface area contributed by atoms with Gasteiger partial charge in [0.25, 0.3) is 0 Å².